The van der Waals surface area contributed by atoms with Crippen LogP contribution in [0, 0.1) is 29.1 Å². The van der Waals surface area contributed by atoms with Crippen molar-refractivity contribution in [3.8, 4) is 0 Å². The maximum absolute atomic E-state index is 12.2. The fourth-order valence-corrected chi connectivity index (χ4v) is 6.17. The van der Waals surface area contributed by atoms with Gasteiger partial charge in [-0.25, -0.2) is 4.79 Å². The number of carbonyl (C=O) groups is 2. The van der Waals surface area contributed by atoms with Crippen molar-refractivity contribution in [2.75, 3.05) is 0 Å². The van der Waals surface area contributed by atoms with Crippen LogP contribution in [0.15, 0.2) is 23.5 Å². The highest BCUT2D eigenvalue weighted by Gasteiger charge is 2.54. The second kappa shape index (κ2) is 7.30. The quantitative estimate of drug-likeness (QED) is 0.403. The first-order chi connectivity index (χ1) is 13.0. The number of carboxylic acids is 1. The molecule has 0 aliphatic heterocycles. The number of allylic oxidation sites excluding steroid dienone is 3. The standard InChI is InChI=1S/C22H32O6/c1-12-8-13(2)22(28,20(26)27)7-6-17(24)19-16(12)5-4-15-9-18(25)14(11-23)10-21(15,19)3/h9,11-13,16-17,19,23-24,28H,4-8,10H2,1-3H3,(H,26,27)/b14-11-/t12?,13-,16+,17+,19?,21+,22+/m1/s1. The van der Waals surface area contributed by atoms with Gasteiger partial charge < -0.3 is 20.4 Å². The van der Waals surface area contributed by atoms with Gasteiger partial charge in [0.15, 0.2) is 11.4 Å². The van der Waals surface area contributed by atoms with Gasteiger partial charge in [-0.15, -0.1) is 0 Å². The Hall–Kier alpha value is -1.66. The minimum absolute atomic E-state index is 0.00262. The van der Waals surface area contributed by atoms with Gasteiger partial charge in [-0.1, -0.05) is 26.3 Å². The molecule has 6 heteroatoms. The first-order valence-corrected chi connectivity index (χ1v) is 10.3. The van der Waals surface area contributed by atoms with E-state index in [1.165, 1.54) is 0 Å². The molecule has 3 aliphatic carbocycles. The summed E-state index contributed by atoms with van der Waals surface area (Å²) < 4.78 is 0. The van der Waals surface area contributed by atoms with Gasteiger partial charge in [0.05, 0.1) is 12.4 Å². The molecule has 2 unspecified atom stereocenters. The molecule has 0 bridgehead atoms. The maximum atomic E-state index is 12.2. The lowest BCUT2D eigenvalue weighted by Gasteiger charge is -2.53. The first-order valence-electron chi connectivity index (χ1n) is 10.3. The average Bonchev–Trinajstić information content (AvgIpc) is 2.67. The molecule has 0 saturated heterocycles. The van der Waals surface area contributed by atoms with Crippen LogP contribution in [0.25, 0.3) is 0 Å². The summed E-state index contributed by atoms with van der Waals surface area (Å²) in [7, 11) is 0. The molecule has 2 fully saturated rings. The number of aliphatic carboxylic acids is 1. The maximum Gasteiger partial charge on any atom is 0.335 e. The van der Waals surface area contributed by atoms with E-state index < -0.39 is 29.0 Å². The Morgan fingerprint density at radius 1 is 1.29 bits per heavy atom. The summed E-state index contributed by atoms with van der Waals surface area (Å²) in [4.78, 5) is 24.0. The number of carboxylic acid groups (broad SMARTS) is 1. The van der Waals surface area contributed by atoms with Crippen LogP contribution in [0.2, 0.25) is 0 Å². The van der Waals surface area contributed by atoms with Crippen molar-refractivity contribution in [1.29, 1.82) is 0 Å². The second-order valence-corrected chi connectivity index (χ2v) is 9.46. The van der Waals surface area contributed by atoms with E-state index >= 15 is 0 Å². The molecule has 0 amide bonds. The van der Waals surface area contributed by atoms with Crippen LogP contribution in [-0.2, 0) is 9.59 Å². The minimum Gasteiger partial charge on any atom is -0.515 e. The molecule has 7 atom stereocenters. The van der Waals surface area contributed by atoms with E-state index in [1.54, 1.807) is 13.0 Å². The predicted molar refractivity (Wildman–Crippen MR) is 104 cm³/mol. The van der Waals surface area contributed by atoms with Crippen LogP contribution in [0.1, 0.15) is 59.3 Å². The lowest BCUT2D eigenvalue weighted by Crippen LogP contribution is -2.49. The Bertz CT molecular complexity index is 725. The monoisotopic (exact) mass is 392 g/mol. The van der Waals surface area contributed by atoms with Gasteiger partial charge in [-0.3, -0.25) is 4.79 Å². The summed E-state index contributed by atoms with van der Waals surface area (Å²) in [6.07, 6.45) is 4.41. The Labute approximate surface area is 166 Å². The zero-order valence-corrected chi connectivity index (χ0v) is 16.9. The molecule has 0 aromatic rings. The van der Waals surface area contributed by atoms with Crippen LogP contribution in [0.5, 0.6) is 0 Å². The zero-order valence-electron chi connectivity index (χ0n) is 16.9. The van der Waals surface area contributed by atoms with Crippen molar-refractivity contribution in [3.63, 3.8) is 0 Å². The number of ketones is 1. The van der Waals surface area contributed by atoms with Crippen molar-refractivity contribution < 1.29 is 30.0 Å². The van der Waals surface area contributed by atoms with Gasteiger partial charge in [-0.05, 0) is 73.7 Å². The van der Waals surface area contributed by atoms with Crippen LogP contribution >= 0.6 is 0 Å². The highest BCUT2D eigenvalue weighted by atomic mass is 16.4. The molecular weight excluding hydrogens is 360 g/mol. The molecular formula is C22H32O6. The predicted octanol–water partition coefficient (Wildman–Crippen LogP) is 2.99. The van der Waals surface area contributed by atoms with E-state index in [1.807, 2.05) is 6.92 Å². The van der Waals surface area contributed by atoms with Gasteiger partial charge in [0.2, 0.25) is 0 Å². The first kappa shape index (κ1) is 21.1. The molecule has 3 aliphatic rings. The summed E-state index contributed by atoms with van der Waals surface area (Å²) >= 11 is 0. The molecule has 6 nitrogen and oxygen atoms in total. The van der Waals surface area contributed by atoms with E-state index in [-0.39, 0.29) is 36.4 Å². The van der Waals surface area contributed by atoms with Crippen LogP contribution in [0.3, 0.4) is 0 Å². The molecule has 0 radical (unpaired) electrons. The SMILES string of the molecule is CC1C[C@@H](C)[C@](O)(C(=O)O)CC[C@H](O)C2[C@H]1CCC1=CC(=O)/C(=C\O)C[C@@]12C. The number of fused-ring (bicyclic) bond motifs is 3. The van der Waals surface area contributed by atoms with E-state index in [9.17, 15) is 30.0 Å². The number of aliphatic hydroxyl groups excluding tert-OH is 2. The van der Waals surface area contributed by atoms with Crippen molar-refractivity contribution in [2.45, 2.75) is 71.0 Å². The van der Waals surface area contributed by atoms with Crippen molar-refractivity contribution >= 4 is 11.8 Å². The lowest BCUT2D eigenvalue weighted by molar-refractivity contribution is -0.166. The van der Waals surface area contributed by atoms with E-state index in [0.29, 0.717) is 18.4 Å². The Morgan fingerprint density at radius 3 is 2.57 bits per heavy atom. The topological polar surface area (TPSA) is 115 Å². The summed E-state index contributed by atoms with van der Waals surface area (Å²) in [6.45, 7) is 5.90. The summed E-state index contributed by atoms with van der Waals surface area (Å²) in [5, 5.41) is 41.1. The minimum atomic E-state index is -1.85. The number of rotatable bonds is 1. The third-order valence-corrected chi connectivity index (χ3v) is 7.89. The van der Waals surface area contributed by atoms with Gasteiger partial charge in [0.1, 0.15) is 0 Å². The summed E-state index contributed by atoms with van der Waals surface area (Å²) in [5.41, 5.74) is -0.951. The smallest absolute Gasteiger partial charge is 0.335 e. The van der Waals surface area contributed by atoms with Gasteiger partial charge in [0, 0.05) is 5.57 Å². The Balaban J connectivity index is 2.04. The largest absolute Gasteiger partial charge is 0.515 e. The third-order valence-electron chi connectivity index (χ3n) is 7.89. The van der Waals surface area contributed by atoms with E-state index in [4.69, 9.17) is 0 Å². The molecule has 2 saturated carbocycles. The summed E-state index contributed by atoms with van der Waals surface area (Å²) in [6, 6.07) is 0. The van der Waals surface area contributed by atoms with Crippen LogP contribution in [0.4, 0.5) is 0 Å². The average molecular weight is 392 g/mol. The van der Waals surface area contributed by atoms with Crippen LogP contribution < -0.4 is 0 Å². The Morgan fingerprint density at radius 2 is 1.96 bits per heavy atom. The normalized spacial score (nSPS) is 45.9. The lowest BCUT2D eigenvalue weighted by atomic mass is 9.52. The molecule has 3 rings (SSSR count). The van der Waals surface area contributed by atoms with E-state index in [0.717, 1.165) is 24.7 Å². The highest BCUT2D eigenvalue weighted by molar-refractivity contribution is 6.05. The third kappa shape index (κ3) is 3.20. The van der Waals surface area contributed by atoms with Crippen molar-refractivity contribution in [2.24, 2.45) is 29.1 Å². The highest BCUT2D eigenvalue weighted by Crippen LogP contribution is 2.58. The molecule has 4 N–H and O–H groups in total. The molecule has 0 spiro atoms. The van der Waals surface area contributed by atoms with E-state index in [2.05, 4.69) is 6.92 Å². The zero-order chi connectivity index (χ0) is 20.9. The van der Waals surface area contributed by atoms with Gasteiger partial charge >= 0.3 is 5.97 Å². The molecule has 28 heavy (non-hydrogen) atoms. The second-order valence-electron chi connectivity index (χ2n) is 9.46. The molecule has 0 heterocycles. The number of hydrogen-bond donors (Lipinski definition) is 4. The van der Waals surface area contributed by atoms with Crippen LogP contribution in [-0.4, -0.2) is 43.9 Å². The molecule has 156 valence electrons. The van der Waals surface area contributed by atoms with Gasteiger partial charge in [0.25, 0.3) is 0 Å². The number of aliphatic hydroxyl groups is 3. The summed E-state index contributed by atoms with van der Waals surface area (Å²) in [5.74, 6) is -1.71. The van der Waals surface area contributed by atoms with Gasteiger partial charge in [-0.2, -0.15) is 0 Å². The Kier molecular flexibility index (Phi) is 5.49. The molecule has 0 aromatic heterocycles. The number of hydrogen-bond acceptors (Lipinski definition) is 5. The van der Waals surface area contributed by atoms with Crippen molar-refractivity contribution in [1.82, 2.24) is 0 Å². The number of carbonyl (C=O) groups excluding carboxylic acids is 1. The fourth-order valence-electron chi connectivity index (χ4n) is 6.17. The fraction of sp³-hybridized carbons (Fsp3) is 0.727. The molecule has 0 aromatic carbocycles. The van der Waals surface area contributed by atoms with Crippen molar-refractivity contribution in [3.05, 3.63) is 23.5 Å².